The number of sulfone groups is 1. The Morgan fingerprint density at radius 3 is 2.60 bits per heavy atom. The molecule has 0 aliphatic carbocycles. The molecule has 1 rings (SSSR count). The summed E-state index contributed by atoms with van der Waals surface area (Å²) in [4.78, 5) is 0. The van der Waals surface area contributed by atoms with Crippen LogP contribution in [0, 0.1) is 0 Å². The number of rotatable bonds is 5. The number of hydrogen-bond donors (Lipinski definition) is 1. The first kappa shape index (κ1) is 12.9. The number of nitrogens with two attached hydrogens (primary N) is 1. The van der Waals surface area contributed by atoms with Gasteiger partial charge in [-0.15, -0.1) is 0 Å². The molecule has 1 heterocycles. The highest BCUT2D eigenvalue weighted by atomic mass is 32.2. The summed E-state index contributed by atoms with van der Waals surface area (Å²) in [6, 6.07) is -0.428. The average molecular weight is 237 g/mol. The maximum absolute atomic E-state index is 11.9. The Morgan fingerprint density at radius 1 is 1.47 bits per heavy atom. The molecular formula is C9H19NO4S. The summed E-state index contributed by atoms with van der Waals surface area (Å²) in [6.07, 6.45) is 1.17. The Balaban J connectivity index is 2.49. The molecule has 1 aliphatic rings. The van der Waals surface area contributed by atoms with Crippen LogP contribution in [0.5, 0.6) is 0 Å². The second-order valence-electron chi connectivity index (χ2n) is 3.86. The van der Waals surface area contributed by atoms with Crippen molar-refractivity contribution in [2.24, 2.45) is 5.73 Å². The van der Waals surface area contributed by atoms with Crippen molar-refractivity contribution in [1.82, 2.24) is 0 Å². The van der Waals surface area contributed by atoms with E-state index in [1.54, 1.807) is 0 Å². The zero-order chi connectivity index (χ0) is 11.3. The van der Waals surface area contributed by atoms with Crippen LogP contribution in [-0.4, -0.2) is 52.4 Å². The molecule has 1 fully saturated rings. The van der Waals surface area contributed by atoms with Crippen molar-refractivity contribution in [1.29, 1.82) is 0 Å². The molecule has 0 aromatic rings. The lowest BCUT2D eigenvalue weighted by molar-refractivity contribution is 0.0982. The van der Waals surface area contributed by atoms with E-state index in [4.69, 9.17) is 15.2 Å². The van der Waals surface area contributed by atoms with E-state index in [-0.39, 0.29) is 17.6 Å². The summed E-state index contributed by atoms with van der Waals surface area (Å²) < 4.78 is 33.7. The molecule has 1 unspecified atom stereocenters. The van der Waals surface area contributed by atoms with Gasteiger partial charge in [-0.1, -0.05) is 0 Å². The van der Waals surface area contributed by atoms with Gasteiger partial charge in [0.05, 0.1) is 17.6 Å². The van der Waals surface area contributed by atoms with Gasteiger partial charge in [-0.3, -0.25) is 0 Å². The predicted octanol–water partition coefficient (Wildman–Crippen LogP) is -0.446. The first-order valence-electron chi connectivity index (χ1n) is 5.10. The zero-order valence-electron chi connectivity index (χ0n) is 9.02. The Kier molecular flexibility index (Phi) is 4.98. The van der Waals surface area contributed by atoms with Gasteiger partial charge in [-0.25, -0.2) is 8.42 Å². The first-order valence-corrected chi connectivity index (χ1v) is 6.81. The zero-order valence-corrected chi connectivity index (χ0v) is 9.83. The van der Waals surface area contributed by atoms with Gasteiger partial charge in [0.1, 0.15) is 0 Å². The molecule has 0 spiro atoms. The third-order valence-electron chi connectivity index (χ3n) is 2.50. The first-order chi connectivity index (χ1) is 7.06. The van der Waals surface area contributed by atoms with E-state index in [2.05, 4.69) is 0 Å². The van der Waals surface area contributed by atoms with Gasteiger partial charge >= 0.3 is 0 Å². The highest BCUT2D eigenvalue weighted by Gasteiger charge is 2.29. The highest BCUT2D eigenvalue weighted by molar-refractivity contribution is 7.92. The molecular weight excluding hydrogens is 218 g/mol. The van der Waals surface area contributed by atoms with Crippen LogP contribution >= 0.6 is 0 Å². The number of hydrogen-bond acceptors (Lipinski definition) is 5. The maximum atomic E-state index is 11.9. The molecule has 0 aromatic heterocycles. The van der Waals surface area contributed by atoms with Crippen LogP contribution in [0.4, 0.5) is 0 Å². The van der Waals surface area contributed by atoms with Gasteiger partial charge in [-0.2, -0.15) is 0 Å². The fourth-order valence-corrected chi connectivity index (χ4v) is 3.61. The molecule has 90 valence electrons. The van der Waals surface area contributed by atoms with Gasteiger partial charge in [0, 0.05) is 26.4 Å². The van der Waals surface area contributed by atoms with Crippen LogP contribution in [-0.2, 0) is 19.3 Å². The summed E-state index contributed by atoms with van der Waals surface area (Å²) in [6.45, 7) is 1.34. The smallest absolute Gasteiger partial charge is 0.154 e. The van der Waals surface area contributed by atoms with E-state index in [1.165, 1.54) is 7.11 Å². The van der Waals surface area contributed by atoms with Gasteiger partial charge in [0.25, 0.3) is 0 Å². The standard InChI is InChI=1S/C9H19NO4S/c1-13-6-8(10)7-15(11,12)9-2-4-14-5-3-9/h8-9H,2-7,10H2,1H3. The van der Waals surface area contributed by atoms with E-state index < -0.39 is 15.9 Å². The van der Waals surface area contributed by atoms with Gasteiger partial charge in [0.2, 0.25) is 0 Å². The van der Waals surface area contributed by atoms with Gasteiger partial charge in [-0.05, 0) is 12.8 Å². The molecule has 1 saturated heterocycles. The highest BCUT2D eigenvalue weighted by Crippen LogP contribution is 2.16. The normalized spacial score (nSPS) is 21.5. The van der Waals surface area contributed by atoms with Crippen molar-refractivity contribution in [3.05, 3.63) is 0 Å². The quantitative estimate of drug-likeness (QED) is 0.701. The summed E-state index contributed by atoms with van der Waals surface area (Å²) in [5.74, 6) is 0.00546. The Morgan fingerprint density at radius 2 is 2.07 bits per heavy atom. The minimum atomic E-state index is -3.09. The van der Waals surface area contributed by atoms with Crippen molar-refractivity contribution < 1.29 is 17.9 Å². The van der Waals surface area contributed by atoms with Gasteiger partial charge in [0.15, 0.2) is 9.84 Å². The fraction of sp³-hybridized carbons (Fsp3) is 1.00. The van der Waals surface area contributed by atoms with Crippen LogP contribution in [0.3, 0.4) is 0 Å². The molecule has 0 bridgehead atoms. The molecule has 5 nitrogen and oxygen atoms in total. The largest absolute Gasteiger partial charge is 0.383 e. The monoisotopic (exact) mass is 237 g/mol. The van der Waals surface area contributed by atoms with Crippen LogP contribution in [0.1, 0.15) is 12.8 Å². The second-order valence-corrected chi connectivity index (χ2v) is 6.18. The van der Waals surface area contributed by atoms with Crippen LogP contribution < -0.4 is 5.73 Å². The Bertz CT molecular complexity index is 272. The van der Waals surface area contributed by atoms with Crippen molar-refractivity contribution in [2.75, 3.05) is 32.7 Å². The molecule has 6 heteroatoms. The van der Waals surface area contributed by atoms with Crippen LogP contribution in [0.25, 0.3) is 0 Å². The third-order valence-corrected chi connectivity index (χ3v) is 4.88. The summed E-state index contributed by atoms with van der Waals surface area (Å²) in [5.41, 5.74) is 5.64. The molecule has 2 N–H and O–H groups in total. The molecule has 1 aliphatic heterocycles. The summed E-state index contributed by atoms with van der Waals surface area (Å²) in [7, 11) is -1.57. The maximum Gasteiger partial charge on any atom is 0.154 e. The molecule has 0 amide bonds. The third kappa shape index (κ3) is 4.06. The van der Waals surface area contributed by atoms with E-state index in [0.717, 1.165) is 0 Å². The van der Waals surface area contributed by atoms with Crippen molar-refractivity contribution in [2.45, 2.75) is 24.1 Å². The van der Waals surface area contributed by atoms with Gasteiger partial charge < -0.3 is 15.2 Å². The van der Waals surface area contributed by atoms with E-state index in [9.17, 15) is 8.42 Å². The topological polar surface area (TPSA) is 78.6 Å². The SMILES string of the molecule is COCC(N)CS(=O)(=O)C1CCOCC1. The summed E-state index contributed by atoms with van der Waals surface area (Å²) in [5, 5.41) is -0.283. The Labute approximate surface area is 90.8 Å². The predicted molar refractivity (Wildman–Crippen MR) is 57.5 cm³/mol. The van der Waals surface area contributed by atoms with E-state index >= 15 is 0 Å². The lowest BCUT2D eigenvalue weighted by atomic mass is 10.2. The lowest BCUT2D eigenvalue weighted by Gasteiger charge is -2.23. The molecule has 0 radical (unpaired) electrons. The number of ether oxygens (including phenoxy) is 2. The average Bonchev–Trinajstić information content (AvgIpc) is 2.18. The van der Waals surface area contributed by atoms with Crippen LogP contribution in [0.2, 0.25) is 0 Å². The van der Waals surface area contributed by atoms with Crippen molar-refractivity contribution >= 4 is 9.84 Å². The van der Waals surface area contributed by atoms with E-state index in [1.807, 2.05) is 0 Å². The molecule has 0 saturated carbocycles. The minimum absolute atomic E-state index is 0.00546. The number of methoxy groups -OCH3 is 1. The summed E-state index contributed by atoms with van der Waals surface area (Å²) >= 11 is 0. The molecule has 0 aromatic carbocycles. The second kappa shape index (κ2) is 5.79. The van der Waals surface area contributed by atoms with Crippen LogP contribution in [0.15, 0.2) is 0 Å². The van der Waals surface area contributed by atoms with Crippen molar-refractivity contribution in [3.8, 4) is 0 Å². The molecule has 1 atom stereocenters. The molecule has 15 heavy (non-hydrogen) atoms. The van der Waals surface area contributed by atoms with E-state index in [0.29, 0.717) is 26.1 Å². The lowest BCUT2D eigenvalue weighted by Crippen LogP contribution is -2.39. The fourth-order valence-electron chi connectivity index (χ4n) is 1.73. The minimum Gasteiger partial charge on any atom is -0.383 e. The van der Waals surface area contributed by atoms with Crippen molar-refractivity contribution in [3.63, 3.8) is 0 Å². The Hall–Kier alpha value is -0.170.